The molecule has 2 N–H and O–H groups in total. The van der Waals surface area contributed by atoms with Crippen LogP contribution in [0.1, 0.15) is 12.5 Å². The summed E-state index contributed by atoms with van der Waals surface area (Å²) in [5, 5.41) is 5.75. The molecule has 11 heteroatoms. The number of nitrogens with zero attached hydrogens (tertiary/aromatic N) is 5. The normalized spacial score (nSPS) is 11.5. The van der Waals surface area contributed by atoms with Crippen LogP contribution in [0.4, 0.5) is 17.3 Å². The smallest absolute Gasteiger partial charge is 0.234 e. The Bertz CT molecular complexity index is 1380. The predicted molar refractivity (Wildman–Crippen MR) is 116 cm³/mol. The van der Waals surface area contributed by atoms with Gasteiger partial charge in [0.15, 0.2) is 14.9 Å². The number of aromatic nitrogens is 5. The highest BCUT2D eigenvalue weighted by Gasteiger charge is 2.15. The maximum Gasteiger partial charge on any atom is 0.234 e. The Kier molecular flexibility index (Phi) is 5.11. The second kappa shape index (κ2) is 7.76. The molecule has 0 aliphatic rings. The van der Waals surface area contributed by atoms with Crippen molar-refractivity contribution in [1.29, 1.82) is 0 Å². The van der Waals surface area contributed by atoms with Crippen LogP contribution in [-0.2, 0) is 14.6 Å². The van der Waals surface area contributed by atoms with Crippen molar-refractivity contribution in [1.82, 2.24) is 24.3 Å². The Morgan fingerprint density at radius 3 is 2.61 bits per heavy atom. The molecule has 4 heterocycles. The van der Waals surface area contributed by atoms with Gasteiger partial charge in [0.25, 0.3) is 0 Å². The lowest BCUT2D eigenvalue weighted by molar-refractivity contribution is -0.114. The number of carbonyl (C=O) groups is 1. The summed E-state index contributed by atoms with van der Waals surface area (Å²) in [5.41, 5.74) is 2.50. The molecule has 0 aromatic carbocycles. The van der Waals surface area contributed by atoms with Gasteiger partial charge in [0.1, 0.15) is 11.6 Å². The van der Waals surface area contributed by atoms with E-state index in [1.807, 2.05) is 6.20 Å². The Labute approximate surface area is 178 Å². The summed E-state index contributed by atoms with van der Waals surface area (Å²) in [4.78, 5) is 28.7. The van der Waals surface area contributed by atoms with Gasteiger partial charge in [-0.05, 0) is 30.7 Å². The van der Waals surface area contributed by atoms with Crippen LogP contribution in [0.25, 0.3) is 17.0 Å². The summed E-state index contributed by atoms with van der Waals surface area (Å²) in [7, 11) is -3.49. The first kappa shape index (κ1) is 20.4. The fraction of sp³-hybridized carbons (Fsp3) is 0.150. The molecule has 0 unspecified atom stereocenters. The number of rotatable bonds is 5. The second-order valence-corrected chi connectivity index (χ2v) is 8.98. The topological polar surface area (TPSA) is 131 Å². The first-order valence-corrected chi connectivity index (χ1v) is 11.1. The summed E-state index contributed by atoms with van der Waals surface area (Å²) >= 11 is 0. The lowest BCUT2D eigenvalue weighted by Crippen LogP contribution is -2.09. The Morgan fingerprint density at radius 1 is 1.10 bits per heavy atom. The molecule has 4 aromatic rings. The van der Waals surface area contributed by atoms with Crippen molar-refractivity contribution >= 4 is 38.8 Å². The molecule has 1 amide bonds. The summed E-state index contributed by atoms with van der Waals surface area (Å²) in [6.45, 7) is 3.17. The number of nitrogens with one attached hydrogen (secondary N) is 2. The molecule has 0 spiro atoms. The van der Waals surface area contributed by atoms with Gasteiger partial charge < -0.3 is 10.6 Å². The highest BCUT2D eigenvalue weighted by Crippen LogP contribution is 2.31. The van der Waals surface area contributed by atoms with Crippen molar-refractivity contribution in [3.63, 3.8) is 0 Å². The quantitative estimate of drug-likeness (QED) is 0.487. The highest BCUT2D eigenvalue weighted by atomic mass is 32.2. The van der Waals surface area contributed by atoms with Crippen LogP contribution in [-0.4, -0.2) is 44.9 Å². The zero-order valence-electron chi connectivity index (χ0n) is 17.0. The molecule has 0 fully saturated rings. The van der Waals surface area contributed by atoms with Crippen molar-refractivity contribution in [3.05, 3.63) is 54.6 Å². The maximum absolute atomic E-state index is 12.0. The van der Waals surface area contributed by atoms with Gasteiger partial charge in [-0.25, -0.2) is 28.4 Å². The van der Waals surface area contributed by atoms with Gasteiger partial charge in [0, 0.05) is 49.6 Å². The van der Waals surface area contributed by atoms with Crippen molar-refractivity contribution in [3.8, 4) is 11.3 Å². The number of hydrogen-bond acceptors (Lipinski definition) is 8. The number of sulfone groups is 1. The van der Waals surface area contributed by atoms with E-state index >= 15 is 0 Å². The van der Waals surface area contributed by atoms with Crippen LogP contribution in [0.5, 0.6) is 0 Å². The van der Waals surface area contributed by atoms with E-state index in [0.717, 1.165) is 11.8 Å². The Balaban J connectivity index is 1.83. The third-order valence-corrected chi connectivity index (χ3v) is 5.28. The number of imidazole rings is 1. The van der Waals surface area contributed by atoms with E-state index in [9.17, 15) is 13.2 Å². The van der Waals surface area contributed by atoms with E-state index in [1.54, 1.807) is 48.1 Å². The van der Waals surface area contributed by atoms with Crippen molar-refractivity contribution < 1.29 is 13.2 Å². The second-order valence-electron chi connectivity index (χ2n) is 7.01. The number of aryl methyl sites for hydroxylation is 1. The first-order valence-electron chi connectivity index (χ1n) is 9.22. The molecule has 0 bridgehead atoms. The fourth-order valence-electron chi connectivity index (χ4n) is 3.00. The van der Waals surface area contributed by atoms with Crippen LogP contribution in [0, 0.1) is 6.92 Å². The standard InChI is InChI=1S/C20H19N7O3S/c1-12-7-18(26-19(8-12)31(3,29)30)24-15-9-17(23-13(2)28)22-10-14(15)16-11-27-6-4-5-21-20(27)25-16/h4-11H,1-3H3,(H2,22,23,24,26,28). The fourth-order valence-corrected chi connectivity index (χ4v) is 3.66. The van der Waals surface area contributed by atoms with Crippen molar-refractivity contribution in [2.75, 3.05) is 16.9 Å². The average molecular weight is 437 g/mol. The molecule has 4 rings (SSSR count). The molecule has 0 saturated heterocycles. The van der Waals surface area contributed by atoms with Gasteiger partial charge in [-0.1, -0.05) is 0 Å². The largest absolute Gasteiger partial charge is 0.339 e. The average Bonchev–Trinajstić information content (AvgIpc) is 3.10. The minimum absolute atomic E-state index is 0.0374. The summed E-state index contributed by atoms with van der Waals surface area (Å²) in [5.74, 6) is 0.916. The van der Waals surface area contributed by atoms with Gasteiger partial charge in [-0.15, -0.1) is 0 Å². The van der Waals surface area contributed by atoms with Gasteiger partial charge >= 0.3 is 0 Å². The molecule has 4 aromatic heterocycles. The number of carbonyl (C=O) groups excluding carboxylic acids is 1. The first-order chi connectivity index (χ1) is 14.7. The van der Waals surface area contributed by atoms with Crippen LogP contribution < -0.4 is 10.6 Å². The minimum Gasteiger partial charge on any atom is -0.339 e. The molecule has 0 saturated carbocycles. The molecule has 158 valence electrons. The molecule has 0 radical (unpaired) electrons. The van der Waals surface area contributed by atoms with E-state index < -0.39 is 9.84 Å². The summed E-state index contributed by atoms with van der Waals surface area (Å²) in [6, 6.07) is 6.66. The number of hydrogen-bond donors (Lipinski definition) is 2. The molecule has 31 heavy (non-hydrogen) atoms. The SMILES string of the molecule is CC(=O)Nc1cc(Nc2cc(C)cc(S(C)(=O)=O)n2)c(-c2cn3cccnc3n2)cn1. The zero-order chi connectivity index (χ0) is 22.2. The third-order valence-electron chi connectivity index (χ3n) is 4.31. The van der Waals surface area contributed by atoms with Crippen LogP contribution in [0.2, 0.25) is 0 Å². The van der Waals surface area contributed by atoms with Crippen LogP contribution >= 0.6 is 0 Å². The Hall–Kier alpha value is -3.86. The van der Waals surface area contributed by atoms with Crippen molar-refractivity contribution in [2.24, 2.45) is 0 Å². The van der Waals surface area contributed by atoms with Gasteiger partial charge in [0.05, 0.1) is 11.4 Å². The van der Waals surface area contributed by atoms with Crippen molar-refractivity contribution in [2.45, 2.75) is 18.9 Å². The number of anilines is 3. The van der Waals surface area contributed by atoms with Gasteiger partial charge in [-0.3, -0.25) is 9.20 Å². The molecule has 0 aliphatic carbocycles. The van der Waals surface area contributed by atoms with E-state index in [4.69, 9.17) is 0 Å². The highest BCUT2D eigenvalue weighted by molar-refractivity contribution is 7.90. The lowest BCUT2D eigenvalue weighted by Gasteiger charge is -2.13. The molecule has 10 nitrogen and oxygen atoms in total. The van der Waals surface area contributed by atoms with Gasteiger partial charge in [0.2, 0.25) is 11.7 Å². The maximum atomic E-state index is 12.0. The lowest BCUT2D eigenvalue weighted by atomic mass is 10.1. The van der Waals surface area contributed by atoms with Crippen LogP contribution in [0.3, 0.4) is 0 Å². The van der Waals surface area contributed by atoms with E-state index in [-0.39, 0.29) is 10.9 Å². The summed E-state index contributed by atoms with van der Waals surface area (Å²) < 4.78 is 25.7. The van der Waals surface area contributed by atoms with E-state index in [2.05, 4.69) is 30.6 Å². The molecule has 0 aliphatic heterocycles. The minimum atomic E-state index is -3.49. The Morgan fingerprint density at radius 2 is 1.90 bits per heavy atom. The predicted octanol–water partition coefficient (Wildman–Crippen LogP) is 2.60. The monoisotopic (exact) mass is 437 g/mol. The van der Waals surface area contributed by atoms with Gasteiger partial charge in [-0.2, -0.15) is 0 Å². The van der Waals surface area contributed by atoms with E-state index in [0.29, 0.717) is 34.4 Å². The zero-order valence-corrected chi connectivity index (χ0v) is 17.8. The summed E-state index contributed by atoms with van der Waals surface area (Å²) in [6.07, 6.45) is 7.95. The third kappa shape index (κ3) is 4.51. The molecular formula is C20H19N7O3S. The van der Waals surface area contributed by atoms with E-state index in [1.165, 1.54) is 13.0 Å². The number of fused-ring (bicyclic) bond motifs is 1. The number of pyridine rings is 2. The molecule has 0 atom stereocenters. The molecular weight excluding hydrogens is 418 g/mol. The number of amides is 1. The van der Waals surface area contributed by atoms with Crippen LogP contribution in [0.15, 0.2) is 54.1 Å².